The van der Waals surface area contributed by atoms with Gasteiger partial charge in [-0.1, -0.05) is 6.07 Å². The van der Waals surface area contributed by atoms with Crippen molar-refractivity contribution in [1.82, 2.24) is 14.3 Å². The first-order chi connectivity index (χ1) is 11.3. The number of carbonyl (C=O) groups excluding carboxylic acids is 1. The zero-order chi connectivity index (χ0) is 17.5. The summed E-state index contributed by atoms with van der Waals surface area (Å²) < 4.78 is 41.6. The van der Waals surface area contributed by atoms with Crippen LogP contribution in [0.5, 0.6) is 0 Å². The number of hydrogen-bond acceptors (Lipinski definition) is 3. The number of amides is 1. The normalized spacial score (nSPS) is 14.6. The minimum Gasteiger partial charge on any atom is -0.311 e. The number of hydrogen-bond donors (Lipinski definition) is 0. The molecule has 0 saturated carbocycles. The quantitative estimate of drug-likeness (QED) is 0.834. The zero-order valence-corrected chi connectivity index (χ0v) is 12.9. The van der Waals surface area contributed by atoms with Crippen molar-refractivity contribution in [1.29, 1.82) is 0 Å². The van der Waals surface area contributed by atoms with Crippen LogP contribution in [0.3, 0.4) is 0 Å². The summed E-state index contributed by atoms with van der Waals surface area (Å²) in [4.78, 5) is 25.6. The lowest BCUT2D eigenvalue weighted by atomic mass is 9.96. The van der Waals surface area contributed by atoms with E-state index >= 15 is 0 Å². The summed E-state index contributed by atoms with van der Waals surface area (Å²) in [5.74, 6) is -0.462. The van der Waals surface area contributed by atoms with Gasteiger partial charge in [0.15, 0.2) is 0 Å². The van der Waals surface area contributed by atoms with Crippen LogP contribution in [0.2, 0.25) is 0 Å². The highest BCUT2D eigenvalue weighted by atomic mass is 19.4. The van der Waals surface area contributed by atoms with E-state index in [2.05, 4.69) is 5.10 Å². The van der Waals surface area contributed by atoms with Gasteiger partial charge in [-0.2, -0.15) is 18.3 Å². The molecule has 0 N–H and O–H groups in total. The van der Waals surface area contributed by atoms with Gasteiger partial charge in [0.25, 0.3) is 0 Å². The fraction of sp³-hybridized carbons (Fsp3) is 0.400. The Labute approximate surface area is 135 Å². The van der Waals surface area contributed by atoms with E-state index in [1.807, 2.05) is 0 Å². The minimum atomic E-state index is -4.46. The molecule has 2 aromatic rings. The Bertz CT molecular complexity index is 838. The van der Waals surface area contributed by atoms with E-state index in [0.29, 0.717) is 13.0 Å². The molecule has 3 rings (SSSR count). The second-order valence-electron chi connectivity index (χ2n) is 5.63. The van der Waals surface area contributed by atoms with Crippen LogP contribution in [0, 0.1) is 0 Å². The SMILES string of the molecule is Cn1cnn(CC(=O)N2CCCc3c2cccc3C(F)(F)F)c1=O. The fourth-order valence-electron chi connectivity index (χ4n) is 2.89. The fourth-order valence-corrected chi connectivity index (χ4v) is 2.89. The lowest BCUT2D eigenvalue weighted by Crippen LogP contribution is -2.40. The Morgan fingerprint density at radius 1 is 1.33 bits per heavy atom. The maximum Gasteiger partial charge on any atom is 0.416 e. The van der Waals surface area contributed by atoms with Crippen molar-refractivity contribution >= 4 is 11.6 Å². The molecule has 1 aliphatic rings. The molecule has 0 radical (unpaired) electrons. The van der Waals surface area contributed by atoms with E-state index in [-0.39, 0.29) is 24.2 Å². The molecule has 1 aromatic carbocycles. The second kappa shape index (κ2) is 5.81. The highest BCUT2D eigenvalue weighted by Gasteiger charge is 2.36. The highest BCUT2D eigenvalue weighted by Crippen LogP contribution is 2.38. The predicted molar refractivity (Wildman–Crippen MR) is 79.6 cm³/mol. The summed E-state index contributed by atoms with van der Waals surface area (Å²) in [5.41, 5.74) is -0.792. The molecule has 0 fully saturated rings. The molecule has 2 heterocycles. The van der Waals surface area contributed by atoms with Crippen LogP contribution in [0.15, 0.2) is 29.3 Å². The molecule has 1 aromatic heterocycles. The summed E-state index contributed by atoms with van der Waals surface area (Å²) in [5, 5.41) is 3.80. The molecule has 0 atom stereocenters. The Morgan fingerprint density at radius 2 is 2.08 bits per heavy atom. The number of aryl methyl sites for hydroxylation is 1. The van der Waals surface area contributed by atoms with Gasteiger partial charge in [0.05, 0.1) is 5.56 Å². The Balaban J connectivity index is 1.94. The van der Waals surface area contributed by atoms with Gasteiger partial charge in [-0.15, -0.1) is 0 Å². The maximum atomic E-state index is 13.1. The molecule has 1 amide bonds. The molecule has 0 bridgehead atoms. The van der Waals surface area contributed by atoms with Gasteiger partial charge in [-0.05, 0) is 30.5 Å². The zero-order valence-electron chi connectivity index (χ0n) is 12.9. The van der Waals surface area contributed by atoms with Crippen molar-refractivity contribution in [2.75, 3.05) is 11.4 Å². The van der Waals surface area contributed by atoms with Gasteiger partial charge < -0.3 is 4.90 Å². The topological polar surface area (TPSA) is 60.1 Å². The van der Waals surface area contributed by atoms with Crippen LogP contribution in [-0.2, 0) is 31.0 Å². The first-order valence-corrected chi connectivity index (χ1v) is 7.37. The van der Waals surface area contributed by atoms with Crippen molar-refractivity contribution in [3.63, 3.8) is 0 Å². The molecule has 9 heteroatoms. The number of alkyl halides is 3. The number of nitrogens with zero attached hydrogens (tertiary/aromatic N) is 4. The van der Waals surface area contributed by atoms with E-state index in [9.17, 15) is 22.8 Å². The van der Waals surface area contributed by atoms with E-state index < -0.39 is 23.3 Å². The van der Waals surface area contributed by atoms with Crippen molar-refractivity contribution in [3.05, 3.63) is 46.1 Å². The third kappa shape index (κ3) is 2.81. The monoisotopic (exact) mass is 340 g/mol. The van der Waals surface area contributed by atoms with Crippen molar-refractivity contribution in [3.8, 4) is 0 Å². The van der Waals surface area contributed by atoms with Gasteiger partial charge >= 0.3 is 11.9 Å². The second-order valence-corrected chi connectivity index (χ2v) is 5.63. The largest absolute Gasteiger partial charge is 0.416 e. The molecule has 0 unspecified atom stereocenters. The van der Waals surface area contributed by atoms with Crippen LogP contribution in [0.25, 0.3) is 0 Å². The van der Waals surface area contributed by atoms with Crippen LogP contribution in [0.1, 0.15) is 17.5 Å². The summed E-state index contributed by atoms with van der Waals surface area (Å²) in [6, 6.07) is 3.82. The summed E-state index contributed by atoms with van der Waals surface area (Å²) in [6.45, 7) is 0.00405. The Hall–Kier alpha value is -2.58. The lowest BCUT2D eigenvalue weighted by Gasteiger charge is -2.31. The van der Waals surface area contributed by atoms with Crippen LogP contribution >= 0.6 is 0 Å². The first-order valence-electron chi connectivity index (χ1n) is 7.37. The molecule has 24 heavy (non-hydrogen) atoms. The Morgan fingerprint density at radius 3 is 2.71 bits per heavy atom. The van der Waals surface area contributed by atoms with E-state index in [4.69, 9.17) is 0 Å². The van der Waals surface area contributed by atoms with Crippen LogP contribution in [0.4, 0.5) is 18.9 Å². The number of rotatable bonds is 2. The van der Waals surface area contributed by atoms with Gasteiger partial charge in [0, 0.05) is 19.3 Å². The number of aromatic nitrogens is 3. The molecule has 6 nitrogen and oxygen atoms in total. The molecule has 0 aliphatic carbocycles. The third-order valence-electron chi connectivity index (χ3n) is 4.03. The van der Waals surface area contributed by atoms with Gasteiger partial charge in [0.2, 0.25) is 5.91 Å². The number of carbonyl (C=O) groups is 1. The summed E-state index contributed by atoms with van der Waals surface area (Å²) >= 11 is 0. The van der Waals surface area contributed by atoms with Crippen molar-refractivity contribution in [2.24, 2.45) is 7.05 Å². The van der Waals surface area contributed by atoms with E-state index in [1.165, 1.54) is 35.0 Å². The molecule has 0 saturated heterocycles. The molecular formula is C15H15F3N4O2. The van der Waals surface area contributed by atoms with Crippen molar-refractivity contribution < 1.29 is 18.0 Å². The standard InChI is InChI=1S/C15H15F3N4O2/c1-20-9-19-22(14(20)24)8-13(23)21-7-3-4-10-11(15(16,17)18)5-2-6-12(10)21/h2,5-6,9H,3-4,7-8H2,1H3. The first kappa shape index (κ1) is 16.3. The molecular weight excluding hydrogens is 325 g/mol. The van der Waals surface area contributed by atoms with E-state index in [0.717, 1.165) is 10.7 Å². The Kier molecular flexibility index (Phi) is 3.94. The summed E-state index contributed by atoms with van der Waals surface area (Å²) in [7, 11) is 1.50. The third-order valence-corrected chi connectivity index (χ3v) is 4.03. The van der Waals surface area contributed by atoms with E-state index in [1.54, 1.807) is 0 Å². The highest BCUT2D eigenvalue weighted by molar-refractivity contribution is 5.94. The van der Waals surface area contributed by atoms with Gasteiger partial charge in [-0.3, -0.25) is 9.36 Å². The van der Waals surface area contributed by atoms with Gasteiger partial charge in [-0.25, -0.2) is 9.48 Å². The number of anilines is 1. The smallest absolute Gasteiger partial charge is 0.311 e. The molecule has 0 spiro atoms. The molecule has 1 aliphatic heterocycles. The minimum absolute atomic E-state index is 0.123. The predicted octanol–water partition coefficient (Wildman–Crippen LogP) is 1.58. The van der Waals surface area contributed by atoms with Crippen molar-refractivity contribution in [2.45, 2.75) is 25.6 Å². The number of halogens is 3. The number of benzene rings is 1. The average molecular weight is 340 g/mol. The lowest BCUT2D eigenvalue weighted by molar-refractivity contribution is -0.138. The number of fused-ring (bicyclic) bond motifs is 1. The maximum absolute atomic E-state index is 13.1. The van der Waals surface area contributed by atoms with Crippen LogP contribution < -0.4 is 10.6 Å². The van der Waals surface area contributed by atoms with Gasteiger partial charge in [0.1, 0.15) is 12.9 Å². The summed E-state index contributed by atoms with van der Waals surface area (Å²) in [6.07, 6.45) is -2.49. The van der Waals surface area contributed by atoms with Crippen LogP contribution in [-0.4, -0.2) is 26.8 Å². The average Bonchev–Trinajstić information content (AvgIpc) is 2.84. The molecule has 128 valence electrons.